The molecule has 0 atom stereocenters. The molecule has 0 aliphatic carbocycles. The van der Waals surface area contributed by atoms with Gasteiger partial charge >= 0.3 is 0 Å². The number of halogens is 1. The van der Waals surface area contributed by atoms with E-state index in [1.807, 2.05) is 12.1 Å². The summed E-state index contributed by atoms with van der Waals surface area (Å²) < 4.78 is 17.1. The summed E-state index contributed by atoms with van der Waals surface area (Å²) in [6.45, 7) is 9.24. The van der Waals surface area contributed by atoms with E-state index >= 15 is 0 Å². The van der Waals surface area contributed by atoms with Gasteiger partial charge in [0.05, 0.1) is 24.2 Å². The van der Waals surface area contributed by atoms with Crippen molar-refractivity contribution in [1.82, 2.24) is 15.5 Å². The highest BCUT2D eigenvalue weighted by Crippen LogP contribution is 2.40. The number of ether oxygens (including phenoxy) is 3. The normalized spacial score (nSPS) is 17.6. The number of nitrogens with one attached hydrogen (secondary N) is 2. The first-order valence-corrected chi connectivity index (χ1v) is 9.46. The van der Waals surface area contributed by atoms with Crippen molar-refractivity contribution in [2.45, 2.75) is 13.5 Å². The summed E-state index contributed by atoms with van der Waals surface area (Å²) in [4.78, 5) is 7.06. The van der Waals surface area contributed by atoms with E-state index in [1.165, 1.54) is 0 Å². The van der Waals surface area contributed by atoms with Crippen molar-refractivity contribution in [2.24, 2.45) is 4.99 Å². The monoisotopic (exact) mass is 412 g/mol. The number of morpholine rings is 1. The van der Waals surface area contributed by atoms with Gasteiger partial charge in [-0.1, -0.05) is 0 Å². The highest BCUT2D eigenvalue weighted by Gasteiger charge is 2.17. The first kappa shape index (κ1) is 18.3. The number of aliphatic imine (C=N–C) groups is 1. The molecule has 1 saturated heterocycles. The van der Waals surface area contributed by atoms with Gasteiger partial charge in [0.25, 0.3) is 0 Å². The SMILES string of the molecule is CCNC(=NCc1cc(Br)c2c(c1)OCO2)NCCN1CCOCC1. The van der Waals surface area contributed by atoms with Crippen LogP contribution < -0.4 is 20.1 Å². The van der Waals surface area contributed by atoms with E-state index < -0.39 is 0 Å². The molecule has 2 aliphatic rings. The zero-order valence-electron chi connectivity index (χ0n) is 14.5. The number of rotatable bonds is 6. The molecule has 0 aromatic heterocycles. The van der Waals surface area contributed by atoms with Crippen molar-refractivity contribution in [3.8, 4) is 11.5 Å². The molecular weight excluding hydrogens is 388 g/mol. The van der Waals surface area contributed by atoms with Crippen LogP contribution >= 0.6 is 15.9 Å². The number of hydrogen-bond donors (Lipinski definition) is 2. The zero-order valence-corrected chi connectivity index (χ0v) is 16.1. The van der Waals surface area contributed by atoms with Gasteiger partial charge in [0.1, 0.15) is 0 Å². The van der Waals surface area contributed by atoms with Gasteiger partial charge in [0, 0.05) is 32.7 Å². The lowest BCUT2D eigenvalue weighted by molar-refractivity contribution is 0.0389. The number of nitrogens with zero attached hydrogens (tertiary/aromatic N) is 2. The predicted octanol–water partition coefficient (Wildman–Crippen LogP) is 1.57. The van der Waals surface area contributed by atoms with Crippen LogP contribution in [0.5, 0.6) is 11.5 Å². The van der Waals surface area contributed by atoms with Gasteiger partial charge in [-0.05, 0) is 40.5 Å². The van der Waals surface area contributed by atoms with Crippen LogP contribution in [0.2, 0.25) is 0 Å². The van der Waals surface area contributed by atoms with Crippen molar-refractivity contribution < 1.29 is 14.2 Å². The molecule has 25 heavy (non-hydrogen) atoms. The van der Waals surface area contributed by atoms with Gasteiger partial charge in [-0.3, -0.25) is 4.90 Å². The van der Waals surface area contributed by atoms with Crippen LogP contribution in [0.4, 0.5) is 0 Å². The topological polar surface area (TPSA) is 67.4 Å². The highest BCUT2D eigenvalue weighted by molar-refractivity contribution is 9.10. The summed E-state index contributed by atoms with van der Waals surface area (Å²) in [5, 5.41) is 6.68. The molecule has 3 rings (SSSR count). The van der Waals surface area contributed by atoms with Gasteiger partial charge < -0.3 is 24.8 Å². The van der Waals surface area contributed by atoms with Crippen molar-refractivity contribution in [1.29, 1.82) is 0 Å². The summed E-state index contributed by atoms with van der Waals surface area (Å²) in [5.74, 6) is 2.36. The minimum Gasteiger partial charge on any atom is -0.454 e. The molecule has 0 amide bonds. The zero-order chi connectivity index (χ0) is 17.5. The largest absolute Gasteiger partial charge is 0.454 e. The Morgan fingerprint density at radius 1 is 1.24 bits per heavy atom. The lowest BCUT2D eigenvalue weighted by Crippen LogP contribution is -2.44. The molecule has 7 nitrogen and oxygen atoms in total. The van der Waals surface area contributed by atoms with Crippen molar-refractivity contribution in [3.63, 3.8) is 0 Å². The molecule has 1 aromatic carbocycles. The maximum absolute atomic E-state index is 5.46. The third-order valence-electron chi connectivity index (χ3n) is 4.08. The van der Waals surface area contributed by atoms with E-state index in [-0.39, 0.29) is 6.79 Å². The maximum Gasteiger partial charge on any atom is 0.231 e. The summed E-state index contributed by atoms with van der Waals surface area (Å²) in [6.07, 6.45) is 0. The first-order valence-electron chi connectivity index (χ1n) is 8.66. The van der Waals surface area contributed by atoms with Gasteiger partial charge in [-0.2, -0.15) is 0 Å². The van der Waals surface area contributed by atoms with E-state index in [2.05, 4.69) is 43.4 Å². The number of guanidine groups is 1. The second-order valence-corrected chi connectivity index (χ2v) is 6.74. The second-order valence-electron chi connectivity index (χ2n) is 5.89. The molecule has 0 radical (unpaired) electrons. The Labute approximate surface area is 156 Å². The van der Waals surface area contributed by atoms with Crippen LogP contribution in [0.15, 0.2) is 21.6 Å². The van der Waals surface area contributed by atoms with E-state index in [0.717, 1.165) is 73.4 Å². The van der Waals surface area contributed by atoms with E-state index in [4.69, 9.17) is 14.2 Å². The molecule has 2 heterocycles. The van der Waals surface area contributed by atoms with Gasteiger partial charge in [0.15, 0.2) is 17.5 Å². The molecule has 0 saturated carbocycles. The van der Waals surface area contributed by atoms with Crippen LogP contribution in [-0.4, -0.2) is 63.6 Å². The number of fused-ring (bicyclic) bond motifs is 1. The second kappa shape index (κ2) is 9.26. The first-order chi connectivity index (χ1) is 12.3. The Kier molecular flexibility index (Phi) is 6.77. The minimum absolute atomic E-state index is 0.270. The molecule has 0 bridgehead atoms. The van der Waals surface area contributed by atoms with E-state index in [1.54, 1.807) is 0 Å². The summed E-state index contributed by atoms with van der Waals surface area (Å²) in [7, 11) is 0. The fourth-order valence-electron chi connectivity index (χ4n) is 2.78. The van der Waals surface area contributed by atoms with Gasteiger partial charge in [-0.15, -0.1) is 0 Å². The molecule has 1 fully saturated rings. The van der Waals surface area contributed by atoms with Crippen LogP contribution in [0.3, 0.4) is 0 Å². The average Bonchev–Trinajstić information content (AvgIpc) is 3.10. The van der Waals surface area contributed by atoms with Crippen LogP contribution in [0, 0.1) is 0 Å². The standard InChI is InChI=1S/C17H25BrN4O3/c1-2-19-17(20-3-4-22-5-7-23-8-6-22)21-11-13-9-14(18)16-15(10-13)24-12-25-16/h9-10H,2-8,11-12H2,1H3,(H2,19,20,21). The van der Waals surface area contributed by atoms with Crippen molar-refractivity contribution >= 4 is 21.9 Å². The number of benzene rings is 1. The van der Waals surface area contributed by atoms with Crippen LogP contribution in [-0.2, 0) is 11.3 Å². The van der Waals surface area contributed by atoms with Crippen LogP contribution in [0.1, 0.15) is 12.5 Å². The Hall–Kier alpha value is -1.51. The molecule has 0 unspecified atom stereocenters. The molecule has 2 aliphatic heterocycles. The van der Waals surface area contributed by atoms with E-state index in [9.17, 15) is 0 Å². The lowest BCUT2D eigenvalue weighted by atomic mass is 10.2. The maximum atomic E-state index is 5.46. The Morgan fingerprint density at radius 3 is 2.88 bits per heavy atom. The number of hydrogen-bond acceptors (Lipinski definition) is 5. The lowest BCUT2D eigenvalue weighted by Gasteiger charge is -2.26. The summed E-state index contributed by atoms with van der Waals surface area (Å²) >= 11 is 3.52. The fourth-order valence-corrected chi connectivity index (χ4v) is 3.39. The van der Waals surface area contributed by atoms with Crippen molar-refractivity contribution in [3.05, 3.63) is 22.2 Å². The summed E-state index contributed by atoms with van der Waals surface area (Å²) in [6, 6.07) is 4.00. The quantitative estimate of drug-likeness (QED) is 0.545. The molecular formula is C17H25BrN4O3. The molecule has 138 valence electrons. The molecule has 0 spiro atoms. The van der Waals surface area contributed by atoms with Gasteiger partial charge in [-0.25, -0.2) is 4.99 Å². The third-order valence-corrected chi connectivity index (χ3v) is 4.66. The van der Waals surface area contributed by atoms with E-state index in [0.29, 0.717) is 6.54 Å². The summed E-state index contributed by atoms with van der Waals surface area (Å²) in [5.41, 5.74) is 1.07. The fraction of sp³-hybridized carbons (Fsp3) is 0.588. The Balaban J connectivity index is 1.53. The van der Waals surface area contributed by atoms with Crippen molar-refractivity contribution in [2.75, 3.05) is 52.7 Å². The van der Waals surface area contributed by atoms with Gasteiger partial charge in [0.2, 0.25) is 6.79 Å². The molecule has 8 heteroatoms. The third kappa shape index (κ3) is 5.23. The Morgan fingerprint density at radius 2 is 2.08 bits per heavy atom. The predicted molar refractivity (Wildman–Crippen MR) is 100 cm³/mol. The Bertz CT molecular complexity index is 606. The average molecular weight is 413 g/mol. The minimum atomic E-state index is 0.270. The van der Waals surface area contributed by atoms with Crippen LogP contribution in [0.25, 0.3) is 0 Å². The molecule has 1 aromatic rings. The highest BCUT2D eigenvalue weighted by atomic mass is 79.9. The smallest absolute Gasteiger partial charge is 0.231 e. The molecule has 2 N–H and O–H groups in total.